The third kappa shape index (κ3) is 8.07. The lowest BCUT2D eigenvalue weighted by Gasteiger charge is -2.19. The van der Waals surface area contributed by atoms with Crippen LogP contribution in [0.15, 0.2) is 12.2 Å². The molecule has 132 valence electrons. The summed E-state index contributed by atoms with van der Waals surface area (Å²) in [6, 6.07) is -1.63. The van der Waals surface area contributed by atoms with Crippen molar-refractivity contribution in [2.24, 2.45) is 0 Å². The van der Waals surface area contributed by atoms with E-state index in [0.29, 0.717) is 0 Å². The third-order valence-corrected chi connectivity index (χ3v) is 2.02. The Morgan fingerprint density at radius 3 is 1.57 bits per heavy atom. The number of carbonyl (C=O) groups is 3. The van der Waals surface area contributed by atoms with Gasteiger partial charge in [0, 0.05) is 5.57 Å². The van der Waals surface area contributed by atoms with E-state index in [2.05, 4.69) is 16.1 Å². The van der Waals surface area contributed by atoms with E-state index >= 15 is 0 Å². The van der Waals surface area contributed by atoms with Gasteiger partial charge in [0.15, 0.2) is 0 Å². The van der Waals surface area contributed by atoms with E-state index in [1.807, 2.05) is 5.32 Å². The van der Waals surface area contributed by atoms with Crippen molar-refractivity contribution in [2.45, 2.75) is 25.3 Å². The second-order valence-electron chi connectivity index (χ2n) is 4.14. The van der Waals surface area contributed by atoms with E-state index in [1.165, 1.54) is 6.92 Å². The molecule has 1 N–H and O–H groups in total. The van der Waals surface area contributed by atoms with Crippen molar-refractivity contribution in [1.82, 2.24) is 5.32 Å². The SMILES string of the molecule is C=C(C)C(=O)NC(COC(=O)C(F)(F)F)COC(=O)C(F)(F)F. The molecule has 0 saturated carbocycles. The standard InChI is InChI=1S/C11H11F6NO5/c1-5(2)7(19)18-6(3-22-8(20)10(12,13)14)4-23-9(21)11(15,16)17/h6H,1,3-4H2,2H3,(H,18,19). The zero-order chi connectivity index (χ0) is 18.4. The molecule has 0 aliphatic rings. The largest absolute Gasteiger partial charge is 0.490 e. The number of hydrogen-bond donors (Lipinski definition) is 1. The van der Waals surface area contributed by atoms with E-state index in [4.69, 9.17) is 0 Å². The lowest BCUT2D eigenvalue weighted by Crippen LogP contribution is -2.44. The molecule has 0 rings (SSSR count). The molecule has 1 amide bonds. The van der Waals surface area contributed by atoms with Crippen LogP contribution >= 0.6 is 0 Å². The number of ether oxygens (including phenoxy) is 2. The molecule has 0 aromatic rings. The summed E-state index contributed by atoms with van der Waals surface area (Å²) in [5.41, 5.74) is -0.126. The van der Waals surface area contributed by atoms with Crippen molar-refractivity contribution in [3.05, 3.63) is 12.2 Å². The second-order valence-corrected chi connectivity index (χ2v) is 4.14. The molecule has 0 aliphatic carbocycles. The highest BCUT2D eigenvalue weighted by Crippen LogP contribution is 2.18. The first kappa shape index (κ1) is 20.7. The van der Waals surface area contributed by atoms with Crippen LogP contribution in [0.5, 0.6) is 0 Å². The first-order chi connectivity index (χ1) is 10.2. The molecule has 0 bridgehead atoms. The number of nitrogens with one attached hydrogen (secondary N) is 1. The fourth-order valence-electron chi connectivity index (χ4n) is 0.956. The van der Waals surface area contributed by atoms with Gasteiger partial charge in [-0.25, -0.2) is 9.59 Å². The van der Waals surface area contributed by atoms with Gasteiger partial charge in [-0.05, 0) is 6.92 Å². The molecule has 0 saturated heterocycles. The quantitative estimate of drug-likeness (QED) is 0.443. The van der Waals surface area contributed by atoms with Gasteiger partial charge in [0.25, 0.3) is 0 Å². The van der Waals surface area contributed by atoms with E-state index in [0.717, 1.165) is 0 Å². The summed E-state index contributed by atoms with van der Waals surface area (Å²) >= 11 is 0. The Labute approximate surface area is 125 Å². The molecule has 0 fully saturated rings. The Morgan fingerprint density at radius 1 is 0.957 bits per heavy atom. The van der Waals surface area contributed by atoms with E-state index in [9.17, 15) is 40.7 Å². The molecule has 0 atom stereocenters. The first-order valence-electron chi connectivity index (χ1n) is 5.69. The van der Waals surface area contributed by atoms with Gasteiger partial charge in [-0.2, -0.15) is 26.3 Å². The van der Waals surface area contributed by atoms with E-state index in [-0.39, 0.29) is 5.57 Å². The van der Waals surface area contributed by atoms with Crippen LogP contribution in [0.4, 0.5) is 26.3 Å². The van der Waals surface area contributed by atoms with Gasteiger partial charge in [-0.3, -0.25) is 4.79 Å². The molecule has 12 heteroatoms. The Bertz CT molecular complexity index is 454. The maximum Gasteiger partial charge on any atom is 0.490 e. The first-order valence-corrected chi connectivity index (χ1v) is 5.69. The predicted molar refractivity (Wildman–Crippen MR) is 60.8 cm³/mol. The molecule has 0 unspecified atom stereocenters. The maximum absolute atomic E-state index is 12.0. The van der Waals surface area contributed by atoms with E-state index < -0.39 is 49.5 Å². The smallest absolute Gasteiger partial charge is 0.457 e. The summed E-state index contributed by atoms with van der Waals surface area (Å²) in [5, 5.41) is 1.90. The van der Waals surface area contributed by atoms with Gasteiger partial charge in [-0.15, -0.1) is 0 Å². The van der Waals surface area contributed by atoms with Crippen LogP contribution in [-0.2, 0) is 23.9 Å². The molecule has 0 radical (unpaired) electrons. The zero-order valence-electron chi connectivity index (χ0n) is 11.5. The molecule has 6 nitrogen and oxygen atoms in total. The Kier molecular flexibility index (Phi) is 7.06. The van der Waals surface area contributed by atoms with Crippen LogP contribution < -0.4 is 5.32 Å². The van der Waals surface area contributed by atoms with Crippen LogP contribution in [0.3, 0.4) is 0 Å². The van der Waals surface area contributed by atoms with Crippen molar-refractivity contribution < 1.29 is 50.2 Å². The Hall–Kier alpha value is -2.27. The number of esters is 2. The van der Waals surface area contributed by atoms with Crippen molar-refractivity contribution in [3.8, 4) is 0 Å². The normalized spacial score (nSPS) is 11.8. The summed E-state index contributed by atoms with van der Waals surface area (Å²) in [7, 11) is 0. The third-order valence-electron chi connectivity index (χ3n) is 2.02. The molecular weight excluding hydrogens is 340 g/mol. The van der Waals surface area contributed by atoms with Crippen LogP contribution in [0.25, 0.3) is 0 Å². The lowest BCUT2D eigenvalue weighted by atomic mass is 10.2. The number of alkyl halides is 6. The highest BCUT2D eigenvalue weighted by atomic mass is 19.4. The highest BCUT2D eigenvalue weighted by Gasteiger charge is 2.42. The summed E-state index contributed by atoms with van der Waals surface area (Å²) < 4.78 is 79.3. The Morgan fingerprint density at radius 2 is 1.30 bits per heavy atom. The fourth-order valence-corrected chi connectivity index (χ4v) is 0.956. The van der Waals surface area contributed by atoms with Gasteiger partial charge >= 0.3 is 24.3 Å². The minimum atomic E-state index is -5.33. The maximum atomic E-state index is 12.0. The Balaban J connectivity index is 4.76. The molecule has 0 heterocycles. The summed E-state index contributed by atoms with van der Waals surface area (Å²) in [6.45, 7) is 2.07. The molecule has 0 aliphatic heterocycles. The predicted octanol–water partition coefficient (Wildman–Crippen LogP) is 1.26. The van der Waals surface area contributed by atoms with Crippen molar-refractivity contribution in [2.75, 3.05) is 13.2 Å². The van der Waals surface area contributed by atoms with Gasteiger partial charge in [-0.1, -0.05) is 6.58 Å². The van der Waals surface area contributed by atoms with Crippen LogP contribution in [0.2, 0.25) is 0 Å². The summed E-state index contributed by atoms with van der Waals surface area (Å²) in [5.74, 6) is -6.18. The van der Waals surface area contributed by atoms with Crippen molar-refractivity contribution in [3.63, 3.8) is 0 Å². The summed E-state index contributed by atoms with van der Waals surface area (Å²) in [4.78, 5) is 32.3. The molecule has 23 heavy (non-hydrogen) atoms. The van der Waals surface area contributed by atoms with Crippen molar-refractivity contribution >= 4 is 17.8 Å². The van der Waals surface area contributed by atoms with Gasteiger partial charge in [0.2, 0.25) is 5.91 Å². The molecule has 0 spiro atoms. The monoisotopic (exact) mass is 351 g/mol. The minimum Gasteiger partial charge on any atom is -0.457 e. The number of carbonyl (C=O) groups excluding carboxylic acids is 3. The number of rotatable bonds is 6. The van der Waals surface area contributed by atoms with Gasteiger partial charge < -0.3 is 14.8 Å². The molecule has 0 aromatic heterocycles. The highest BCUT2D eigenvalue weighted by molar-refractivity contribution is 5.92. The minimum absolute atomic E-state index is 0.126. The van der Waals surface area contributed by atoms with E-state index in [1.54, 1.807) is 0 Å². The average molecular weight is 351 g/mol. The zero-order valence-corrected chi connectivity index (χ0v) is 11.5. The summed E-state index contributed by atoms with van der Waals surface area (Å²) in [6.07, 6.45) is -10.7. The number of halogens is 6. The second kappa shape index (κ2) is 7.83. The van der Waals surface area contributed by atoms with Gasteiger partial charge in [0.05, 0.1) is 6.04 Å². The van der Waals surface area contributed by atoms with Crippen molar-refractivity contribution in [1.29, 1.82) is 0 Å². The fraction of sp³-hybridized carbons (Fsp3) is 0.545. The average Bonchev–Trinajstić information content (AvgIpc) is 2.38. The number of hydrogen-bond acceptors (Lipinski definition) is 5. The topological polar surface area (TPSA) is 81.7 Å². The van der Waals surface area contributed by atoms with Gasteiger partial charge in [0.1, 0.15) is 13.2 Å². The van der Waals surface area contributed by atoms with Crippen LogP contribution in [0.1, 0.15) is 6.92 Å². The number of amides is 1. The lowest BCUT2D eigenvalue weighted by molar-refractivity contribution is -0.204. The van der Waals surface area contributed by atoms with Crippen LogP contribution in [-0.4, -0.2) is 49.5 Å². The molecular formula is C11H11F6NO5. The molecule has 0 aromatic carbocycles. The van der Waals surface area contributed by atoms with Crippen LogP contribution in [0, 0.1) is 0 Å².